The molecule has 1 aliphatic rings. The van der Waals surface area contributed by atoms with Crippen molar-refractivity contribution in [3.05, 3.63) is 46.2 Å². The summed E-state index contributed by atoms with van der Waals surface area (Å²) in [6.45, 7) is 16.9. The molecule has 0 aliphatic heterocycles. The van der Waals surface area contributed by atoms with Crippen molar-refractivity contribution in [3.8, 4) is 0 Å². The number of allylic oxidation sites excluding steroid dienone is 4. The summed E-state index contributed by atoms with van der Waals surface area (Å²) < 4.78 is 0. The van der Waals surface area contributed by atoms with Gasteiger partial charge in [-0.1, -0.05) is 79.2 Å². The van der Waals surface area contributed by atoms with Crippen molar-refractivity contribution in [1.29, 1.82) is 0 Å². The van der Waals surface area contributed by atoms with Gasteiger partial charge in [0, 0.05) is 0 Å². The minimum absolute atomic E-state index is 0.696. The second-order valence-electron chi connectivity index (χ2n) is 4.74. The van der Waals surface area contributed by atoms with Crippen LogP contribution in [0, 0.1) is 5.92 Å². The summed E-state index contributed by atoms with van der Waals surface area (Å²) in [5.41, 5.74) is 3.01. The highest BCUT2D eigenvalue weighted by Gasteiger charge is 2.01. The van der Waals surface area contributed by atoms with Crippen LogP contribution in [-0.2, 0) is 0 Å². The first-order valence-electron chi connectivity index (χ1n) is 7.99. The van der Waals surface area contributed by atoms with Gasteiger partial charge >= 0.3 is 0 Å². The summed E-state index contributed by atoms with van der Waals surface area (Å²) in [7, 11) is 0. The van der Waals surface area contributed by atoms with Crippen molar-refractivity contribution in [2.24, 2.45) is 5.92 Å². The molecule has 2 rings (SSSR count). The molecular weight excluding hydrogens is 260 g/mol. The maximum Gasteiger partial charge on any atom is -0.00586 e. The third-order valence-corrected chi connectivity index (χ3v) is 3.45. The van der Waals surface area contributed by atoms with Crippen LogP contribution in [0.3, 0.4) is 0 Å². The molecule has 0 unspecified atom stereocenters. The molecule has 116 valence electrons. The Labute approximate surface area is 131 Å². The number of thiophene rings is 1. The van der Waals surface area contributed by atoms with Crippen molar-refractivity contribution in [3.63, 3.8) is 0 Å². The molecule has 1 heterocycles. The molecule has 1 aromatic heterocycles. The average Bonchev–Trinajstić information content (AvgIpc) is 3.17. The van der Waals surface area contributed by atoms with Crippen LogP contribution in [0.15, 0.2) is 40.6 Å². The lowest BCUT2D eigenvalue weighted by molar-refractivity contribution is 0.753. The van der Waals surface area contributed by atoms with Crippen LogP contribution in [0.1, 0.15) is 73.3 Å². The summed E-state index contributed by atoms with van der Waals surface area (Å²) in [6.07, 6.45) is 7.73. The quantitative estimate of drug-likeness (QED) is 0.531. The summed E-state index contributed by atoms with van der Waals surface area (Å²) >= 11 is 1.77. The molecule has 1 aromatic rings. The fourth-order valence-electron chi connectivity index (χ4n) is 1.50. The Morgan fingerprint density at radius 1 is 0.950 bits per heavy atom. The first kappa shape index (κ1) is 21.5. The predicted molar refractivity (Wildman–Crippen MR) is 97.8 cm³/mol. The SMILES string of the molecule is CC.CC.CC(C)C1=CC=CC1.CC(C)c1ccsc1. The van der Waals surface area contributed by atoms with Crippen LogP contribution in [0.2, 0.25) is 0 Å². The van der Waals surface area contributed by atoms with Gasteiger partial charge in [-0.15, -0.1) is 0 Å². The van der Waals surface area contributed by atoms with Gasteiger partial charge in [0.05, 0.1) is 0 Å². The smallest absolute Gasteiger partial charge is 0.00586 e. The number of hydrogen-bond donors (Lipinski definition) is 0. The Bertz CT molecular complexity index is 340. The summed E-state index contributed by atoms with van der Waals surface area (Å²) in [4.78, 5) is 0. The molecule has 20 heavy (non-hydrogen) atoms. The van der Waals surface area contributed by atoms with E-state index >= 15 is 0 Å². The predicted octanol–water partition coefficient (Wildman–Crippen LogP) is 7.45. The normalized spacial score (nSPS) is 11.8. The monoisotopic (exact) mass is 294 g/mol. The fourth-order valence-corrected chi connectivity index (χ4v) is 2.32. The standard InChI is InChI=1S/C8H12.C7H10S.2C2H6/c1-7(2)8-5-3-4-6-8;1-6(2)7-3-4-8-5-7;2*1-2/h3-5,7H,6H2,1-2H3;3-6H,1-2H3;2*1-2H3. The zero-order valence-corrected chi connectivity index (χ0v) is 15.6. The molecule has 0 fully saturated rings. The van der Waals surface area contributed by atoms with Crippen molar-refractivity contribution < 1.29 is 0 Å². The molecule has 0 radical (unpaired) electrons. The largest absolute Gasteiger partial charge is 0.152 e. The molecular formula is C19H34S. The Morgan fingerprint density at radius 3 is 1.75 bits per heavy atom. The van der Waals surface area contributed by atoms with Crippen molar-refractivity contribution >= 4 is 11.3 Å². The average molecular weight is 295 g/mol. The van der Waals surface area contributed by atoms with Gasteiger partial charge in [0.25, 0.3) is 0 Å². The molecule has 0 amide bonds. The van der Waals surface area contributed by atoms with Crippen molar-refractivity contribution in [1.82, 2.24) is 0 Å². The Morgan fingerprint density at radius 2 is 1.55 bits per heavy atom. The number of hydrogen-bond acceptors (Lipinski definition) is 1. The molecule has 0 atom stereocenters. The minimum Gasteiger partial charge on any atom is -0.152 e. The second-order valence-corrected chi connectivity index (χ2v) is 5.52. The van der Waals surface area contributed by atoms with Crippen LogP contribution < -0.4 is 0 Å². The van der Waals surface area contributed by atoms with Gasteiger partial charge in [-0.25, -0.2) is 0 Å². The van der Waals surface area contributed by atoms with Crippen LogP contribution in [0.25, 0.3) is 0 Å². The summed E-state index contributed by atoms with van der Waals surface area (Å²) in [5.74, 6) is 1.44. The van der Waals surface area contributed by atoms with Crippen LogP contribution in [0.4, 0.5) is 0 Å². The topological polar surface area (TPSA) is 0 Å². The van der Waals surface area contributed by atoms with E-state index in [2.05, 4.69) is 62.7 Å². The van der Waals surface area contributed by atoms with Crippen molar-refractivity contribution in [2.45, 2.75) is 67.7 Å². The lowest BCUT2D eigenvalue weighted by Crippen LogP contribution is -1.88. The van der Waals surface area contributed by atoms with Gasteiger partial charge in [0.2, 0.25) is 0 Å². The highest BCUT2D eigenvalue weighted by atomic mass is 32.1. The third kappa shape index (κ3) is 10.0. The van der Waals surface area contributed by atoms with Gasteiger partial charge < -0.3 is 0 Å². The molecule has 0 nitrogen and oxygen atoms in total. The maximum absolute atomic E-state index is 2.23. The van der Waals surface area contributed by atoms with Gasteiger partial charge in [-0.05, 0) is 40.6 Å². The molecule has 0 saturated heterocycles. The van der Waals surface area contributed by atoms with E-state index in [1.54, 1.807) is 16.9 Å². The van der Waals surface area contributed by atoms with Gasteiger partial charge in [0.15, 0.2) is 0 Å². The Kier molecular flexibility index (Phi) is 15.7. The van der Waals surface area contributed by atoms with E-state index in [1.807, 2.05) is 27.7 Å². The van der Waals surface area contributed by atoms with Gasteiger partial charge in [-0.2, -0.15) is 11.3 Å². The Balaban J connectivity index is 0. The molecule has 0 bridgehead atoms. The molecule has 0 spiro atoms. The van der Waals surface area contributed by atoms with E-state index < -0.39 is 0 Å². The zero-order chi connectivity index (χ0) is 16.0. The molecule has 0 aromatic carbocycles. The van der Waals surface area contributed by atoms with E-state index in [-0.39, 0.29) is 0 Å². The lowest BCUT2D eigenvalue weighted by atomic mass is 10.0. The molecule has 1 heteroatoms. The molecule has 0 saturated carbocycles. The zero-order valence-electron chi connectivity index (χ0n) is 14.7. The third-order valence-electron chi connectivity index (χ3n) is 2.75. The van der Waals surface area contributed by atoms with Crippen LogP contribution in [0.5, 0.6) is 0 Å². The summed E-state index contributed by atoms with van der Waals surface area (Å²) in [6, 6.07) is 2.18. The Hall–Kier alpha value is -0.820. The first-order valence-corrected chi connectivity index (χ1v) is 8.93. The van der Waals surface area contributed by atoms with E-state index in [0.29, 0.717) is 5.92 Å². The first-order chi connectivity index (χ1) is 9.61. The van der Waals surface area contributed by atoms with E-state index in [0.717, 1.165) is 5.92 Å². The van der Waals surface area contributed by atoms with E-state index in [9.17, 15) is 0 Å². The van der Waals surface area contributed by atoms with Crippen LogP contribution >= 0.6 is 11.3 Å². The molecule has 0 N–H and O–H groups in total. The van der Waals surface area contributed by atoms with E-state index in [4.69, 9.17) is 0 Å². The summed E-state index contributed by atoms with van der Waals surface area (Å²) in [5, 5.41) is 4.32. The van der Waals surface area contributed by atoms with Crippen LogP contribution in [-0.4, -0.2) is 0 Å². The second kappa shape index (κ2) is 14.6. The fraction of sp³-hybridized carbons (Fsp3) is 0.579. The highest BCUT2D eigenvalue weighted by Crippen LogP contribution is 2.18. The van der Waals surface area contributed by atoms with E-state index in [1.165, 1.54) is 12.0 Å². The minimum atomic E-state index is 0.696. The number of rotatable bonds is 2. The van der Waals surface area contributed by atoms with Gasteiger partial charge in [-0.3, -0.25) is 0 Å². The highest BCUT2D eigenvalue weighted by molar-refractivity contribution is 7.07. The lowest BCUT2D eigenvalue weighted by Gasteiger charge is -2.02. The van der Waals surface area contributed by atoms with Crippen molar-refractivity contribution in [2.75, 3.05) is 0 Å². The molecule has 1 aliphatic carbocycles. The van der Waals surface area contributed by atoms with Gasteiger partial charge in [0.1, 0.15) is 0 Å². The maximum atomic E-state index is 2.23.